The normalized spacial score (nSPS) is 12.2. The average molecular weight is 327 g/mol. The number of hydrogen-bond donors (Lipinski definition) is 1. The van der Waals surface area contributed by atoms with Crippen molar-refractivity contribution in [2.24, 2.45) is 0 Å². The molecular weight excluding hydrogens is 306 g/mol. The maximum absolute atomic E-state index is 10.1. The average Bonchev–Trinajstić information content (AvgIpc) is 3.26. The van der Waals surface area contributed by atoms with Crippen molar-refractivity contribution in [3.05, 3.63) is 66.7 Å². The van der Waals surface area contributed by atoms with Gasteiger partial charge >= 0.3 is 0 Å². The third-order valence-corrected chi connectivity index (χ3v) is 3.68. The van der Waals surface area contributed by atoms with Crippen molar-refractivity contribution in [3.63, 3.8) is 0 Å². The second-order valence-corrected chi connectivity index (χ2v) is 5.49. The molecule has 0 radical (unpaired) electrons. The van der Waals surface area contributed by atoms with Crippen LogP contribution in [0.4, 0.5) is 0 Å². The smallest absolute Gasteiger partial charge is 0.124 e. The van der Waals surface area contributed by atoms with Crippen LogP contribution in [0.3, 0.4) is 0 Å². The number of methoxy groups -OCH3 is 1. The van der Waals surface area contributed by atoms with E-state index in [4.69, 9.17) is 9.47 Å². The van der Waals surface area contributed by atoms with Gasteiger partial charge in [-0.05, 0) is 18.2 Å². The summed E-state index contributed by atoms with van der Waals surface area (Å²) in [6.45, 7) is 1.01. The summed E-state index contributed by atoms with van der Waals surface area (Å²) < 4.78 is 14.6. The number of benzene rings is 1. The summed E-state index contributed by atoms with van der Waals surface area (Å²) in [5, 5.41) is 14.4. The Kier molecular flexibility index (Phi) is 5.30. The lowest BCUT2D eigenvalue weighted by Gasteiger charge is -2.13. The Hall–Kier alpha value is -2.57. The van der Waals surface area contributed by atoms with Crippen LogP contribution < -0.4 is 4.74 Å². The monoisotopic (exact) mass is 327 g/mol. The fraction of sp³-hybridized carbons (Fsp3) is 0.278. The third kappa shape index (κ3) is 4.04. The lowest BCUT2D eigenvalue weighted by atomic mass is 10.2. The Morgan fingerprint density at radius 1 is 1.17 bits per heavy atom. The van der Waals surface area contributed by atoms with Gasteiger partial charge in [0.15, 0.2) is 0 Å². The summed E-state index contributed by atoms with van der Waals surface area (Å²) in [7, 11) is 1.63. The summed E-state index contributed by atoms with van der Waals surface area (Å²) in [6.07, 6.45) is 6.94. The van der Waals surface area contributed by atoms with E-state index < -0.39 is 6.10 Å². The van der Waals surface area contributed by atoms with E-state index >= 15 is 0 Å². The van der Waals surface area contributed by atoms with Gasteiger partial charge in [0.1, 0.15) is 5.75 Å². The van der Waals surface area contributed by atoms with Crippen LogP contribution in [0.2, 0.25) is 0 Å². The van der Waals surface area contributed by atoms with Crippen LogP contribution in [0.5, 0.6) is 5.75 Å². The molecule has 2 aromatic heterocycles. The lowest BCUT2D eigenvalue weighted by molar-refractivity contribution is 0.0181. The number of aliphatic hydroxyl groups excluding tert-OH is 1. The first-order valence-electron chi connectivity index (χ1n) is 7.80. The lowest BCUT2D eigenvalue weighted by Crippen LogP contribution is -2.22. The molecule has 0 amide bonds. The first-order chi connectivity index (χ1) is 11.8. The van der Waals surface area contributed by atoms with Crippen LogP contribution in [0.15, 0.2) is 61.2 Å². The molecule has 1 aromatic carbocycles. The largest absolute Gasteiger partial charge is 0.496 e. The molecule has 3 aromatic rings. The van der Waals surface area contributed by atoms with Gasteiger partial charge in [0.05, 0.1) is 44.9 Å². The van der Waals surface area contributed by atoms with E-state index in [0.717, 1.165) is 17.0 Å². The predicted octanol–water partition coefficient (Wildman–Crippen LogP) is 2.26. The molecule has 0 aliphatic carbocycles. The zero-order valence-corrected chi connectivity index (χ0v) is 13.6. The van der Waals surface area contributed by atoms with E-state index in [1.54, 1.807) is 18.0 Å². The summed E-state index contributed by atoms with van der Waals surface area (Å²) in [6, 6.07) is 11.6. The molecule has 126 valence electrons. The molecule has 0 spiro atoms. The number of rotatable bonds is 8. The number of hydrogen-bond acceptors (Lipinski definition) is 4. The van der Waals surface area contributed by atoms with Crippen molar-refractivity contribution >= 4 is 0 Å². The van der Waals surface area contributed by atoms with Gasteiger partial charge in [-0.15, -0.1) is 0 Å². The molecule has 6 heteroatoms. The van der Waals surface area contributed by atoms with E-state index in [-0.39, 0.29) is 6.61 Å². The van der Waals surface area contributed by atoms with Crippen LogP contribution in [-0.4, -0.2) is 39.3 Å². The quantitative estimate of drug-likeness (QED) is 0.689. The molecule has 0 aliphatic rings. The standard InChI is InChI=1S/C18H21N3O3/c1-23-18-7-3-2-6-15(18)13-24-14-17(22)12-21-11-16(10-19-21)20-8-4-5-9-20/h2-11,17,22H,12-14H2,1H3. The molecular formula is C18H21N3O3. The van der Waals surface area contributed by atoms with E-state index in [0.29, 0.717) is 13.2 Å². The first kappa shape index (κ1) is 16.3. The molecule has 1 atom stereocenters. The Morgan fingerprint density at radius 3 is 2.75 bits per heavy atom. The predicted molar refractivity (Wildman–Crippen MR) is 90.2 cm³/mol. The molecule has 0 fully saturated rings. The Labute approximate surface area is 140 Å². The van der Waals surface area contributed by atoms with E-state index in [9.17, 15) is 5.11 Å². The van der Waals surface area contributed by atoms with E-state index in [2.05, 4.69) is 5.10 Å². The fourth-order valence-electron chi connectivity index (χ4n) is 2.49. The summed E-state index contributed by atoms with van der Waals surface area (Å²) >= 11 is 0. The Bertz CT molecular complexity index is 752. The fourth-order valence-corrected chi connectivity index (χ4v) is 2.49. The van der Waals surface area contributed by atoms with Crippen molar-refractivity contribution in [2.75, 3.05) is 13.7 Å². The van der Waals surface area contributed by atoms with Gasteiger partial charge in [0, 0.05) is 24.2 Å². The molecule has 0 saturated carbocycles. The highest BCUT2D eigenvalue weighted by Crippen LogP contribution is 2.18. The SMILES string of the molecule is COc1ccccc1COCC(O)Cn1cc(-n2cccc2)cn1. The molecule has 0 aliphatic heterocycles. The summed E-state index contributed by atoms with van der Waals surface area (Å²) in [5.41, 5.74) is 1.92. The van der Waals surface area contributed by atoms with Gasteiger partial charge in [-0.2, -0.15) is 5.10 Å². The number of nitrogens with zero attached hydrogens (tertiary/aromatic N) is 3. The Morgan fingerprint density at radius 2 is 1.96 bits per heavy atom. The van der Waals surface area contributed by atoms with Crippen LogP contribution in [0.25, 0.3) is 5.69 Å². The maximum atomic E-state index is 10.1. The molecule has 1 unspecified atom stereocenters. The number of aromatic nitrogens is 3. The van der Waals surface area contributed by atoms with Crippen LogP contribution in [0.1, 0.15) is 5.56 Å². The molecule has 0 bridgehead atoms. The molecule has 3 rings (SSSR count). The second kappa shape index (κ2) is 7.81. The number of aliphatic hydroxyl groups is 1. The highest BCUT2D eigenvalue weighted by Gasteiger charge is 2.09. The maximum Gasteiger partial charge on any atom is 0.124 e. The third-order valence-electron chi connectivity index (χ3n) is 3.68. The number of para-hydroxylation sites is 1. The molecule has 1 N–H and O–H groups in total. The zero-order chi connectivity index (χ0) is 16.8. The van der Waals surface area contributed by atoms with Gasteiger partial charge in [-0.3, -0.25) is 4.68 Å². The van der Waals surface area contributed by atoms with Gasteiger partial charge in [0.2, 0.25) is 0 Å². The van der Waals surface area contributed by atoms with Crippen molar-refractivity contribution < 1.29 is 14.6 Å². The van der Waals surface area contributed by atoms with Gasteiger partial charge in [-0.1, -0.05) is 18.2 Å². The minimum atomic E-state index is -0.628. The highest BCUT2D eigenvalue weighted by molar-refractivity contribution is 5.32. The summed E-state index contributed by atoms with van der Waals surface area (Å²) in [4.78, 5) is 0. The van der Waals surface area contributed by atoms with Gasteiger partial charge in [0.25, 0.3) is 0 Å². The Balaban J connectivity index is 1.48. The van der Waals surface area contributed by atoms with Crippen LogP contribution in [0, 0.1) is 0 Å². The van der Waals surface area contributed by atoms with Gasteiger partial charge in [-0.25, -0.2) is 0 Å². The van der Waals surface area contributed by atoms with Crippen molar-refractivity contribution in [2.45, 2.75) is 19.3 Å². The zero-order valence-electron chi connectivity index (χ0n) is 13.6. The minimum Gasteiger partial charge on any atom is -0.496 e. The molecule has 0 saturated heterocycles. The molecule has 24 heavy (non-hydrogen) atoms. The number of ether oxygens (including phenoxy) is 2. The first-order valence-corrected chi connectivity index (χ1v) is 7.80. The van der Waals surface area contributed by atoms with E-state index in [1.165, 1.54) is 0 Å². The molecule has 2 heterocycles. The summed E-state index contributed by atoms with van der Waals surface area (Å²) in [5.74, 6) is 0.787. The second-order valence-electron chi connectivity index (χ2n) is 5.49. The van der Waals surface area contributed by atoms with Gasteiger partial charge < -0.3 is 19.1 Å². The van der Waals surface area contributed by atoms with Crippen molar-refractivity contribution in [3.8, 4) is 11.4 Å². The van der Waals surface area contributed by atoms with Crippen molar-refractivity contribution in [1.29, 1.82) is 0 Å². The van der Waals surface area contributed by atoms with Crippen LogP contribution in [-0.2, 0) is 17.9 Å². The van der Waals surface area contributed by atoms with E-state index in [1.807, 2.05) is 59.6 Å². The van der Waals surface area contributed by atoms with Crippen LogP contribution >= 0.6 is 0 Å². The topological polar surface area (TPSA) is 61.4 Å². The van der Waals surface area contributed by atoms with Crippen molar-refractivity contribution in [1.82, 2.24) is 14.3 Å². The highest BCUT2D eigenvalue weighted by atomic mass is 16.5. The molecule has 6 nitrogen and oxygen atoms in total. The minimum absolute atomic E-state index is 0.233.